The highest BCUT2D eigenvalue weighted by atomic mass is 16.2. The molecule has 0 heterocycles. The SMILES string of the molecule is CC(CCCO)NC1(CN)CCCCCCC1. The van der Waals surface area contributed by atoms with E-state index >= 15 is 0 Å². The van der Waals surface area contributed by atoms with Gasteiger partial charge >= 0.3 is 0 Å². The summed E-state index contributed by atoms with van der Waals surface area (Å²) in [5.74, 6) is 0. The zero-order valence-corrected chi connectivity index (χ0v) is 11.4. The maximum atomic E-state index is 8.87. The van der Waals surface area contributed by atoms with Crippen LogP contribution in [0.3, 0.4) is 0 Å². The van der Waals surface area contributed by atoms with Crippen molar-refractivity contribution in [1.29, 1.82) is 0 Å². The van der Waals surface area contributed by atoms with Crippen LogP contribution in [-0.4, -0.2) is 29.8 Å². The molecular weight excluding hydrogens is 212 g/mol. The predicted molar refractivity (Wildman–Crippen MR) is 73.0 cm³/mol. The van der Waals surface area contributed by atoms with E-state index in [-0.39, 0.29) is 5.54 Å². The third-order valence-electron chi connectivity index (χ3n) is 4.05. The molecule has 0 aromatic rings. The monoisotopic (exact) mass is 242 g/mol. The zero-order chi connectivity index (χ0) is 12.6. The minimum absolute atomic E-state index is 0.162. The highest BCUT2D eigenvalue weighted by molar-refractivity contribution is 4.91. The molecule has 17 heavy (non-hydrogen) atoms. The second-order valence-electron chi connectivity index (χ2n) is 5.66. The second-order valence-corrected chi connectivity index (χ2v) is 5.66. The zero-order valence-electron chi connectivity index (χ0n) is 11.4. The smallest absolute Gasteiger partial charge is 0.0431 e. The van der Waals surface area contributed by atoms with Crippen LogP contribution in [0.15, 0.2) is 0 Å². The fourth-order valence-electron chi connectivity index (χ4n) is 2.98. The lowest BCUT2D eigenvalue weighted by Gasteiger charge is -2.38. The van der Waals surface area contributed by atoms with Gasteiger partial charge in [0.2, 0.25) is 0 Å². The Morgan fingerprint density at radius 1 is 1.18 bits per heavy atom. The summed E-state index contributed by atoms with van der Waals surface area (Å²) in [6, 6.07) is 0.463. The molecule has 0 saturated heterocycles. The van der Waals surface area contributed by atoms with Crippen molar-refractivity contribution in [2.45, 2.75) is 76.3 Å². The molecule has 3 heteroatoms. The molecule has 1 fully saturated rings. The van der Waals surface area contributed by atoms with Crippen molar-refractivity contribution in [3.8, 4) is 0 Å². The topological polar surface area (TPSA) is 58.3 Å². The lowest BCUT2D eigenvalue weighted by molar-refractivity contribution is 0.218. The van der Waals surface area contributed by atoms with Gasteiger partial charge in [-0.25, -0.2) is 0 Å². The molecule has 0 aromatic carbocycles. The molecule has 1 saturated carbocycles. The van der Waals surface area contributed by atoms with Gasteiger partial charge < -0.3 is 16.2 Å². The van der Waals surface area contributed by atoms with E-state index in [4.69, 9.17) is 10.8 Å². The van der Waals surface area contributed by atoms with E-state index in [1.807, 2.05) is 0 Å². The Bertz CT molecular complexity index is 189. The van der Waals surface area contributed by atoms with Crippen molar-refractivity contribution in [2.75, 3.05) is 13.2 Å². The van der Waals surface area contributed by atoms with Crippen LogP contribution in [0.1, 0.15) is 64.7 Å². The van der Waals surface area contributed by atoms with Gasteiger partial charge in [0.15, 0.2) is 0 Å². The van der Waals surface area contributed by atoms with E-state index in [1.54, 1.807) is 0 Å². The molecule has 102 valence electrons. The summed E-state index contributed by atoms with van der Waals surface area (Å²) < 4.78 is 0. The summed E-state index contributed by atoms with van der Waals surface area (Å²) in [6.07, 6.45) is 11.1. The van der Waals surface area contributed by atoms with E-state index in [0.29, 0.717) is 12.6 Å². The summed E-state index contributed by atoms with van der Waals surface area (Å²) in [5.41, 5.74) is 6.19. The maximum absolute atomic E-state index is 8.87. The van der Waals surface area contributed by atoms with Crippen LogP contribution in [0.25, 0.3) is 0 Å². The Kier molecular flexibility index (Phi) is 7.09. The number of aliphatic hydroxyl groups is 1. The molecule has 0 aliphatic heterocycles. The molecule has 0 amide bonds. The number of hydrogen-bond acceptors (Lipinski definition) is 3. The molecule has 1 unspecified atom stereocenters. The highest BCUT2D eigenvalue weighted by Crippen LogP contribution is 2.26. The van der Waals surface area contributed by atoms with Crippen LogP contribution < -0.4 is 11.1 Å². The van der Waals surface area contributed by atoms with Gasteiger partial charge in [0.25, 0.3) is 0 Å². The Balaban J connectivity index is 2.46. The normalized spacial score (nSPS) is 22.8. The standard InChI is InChI=1S/C14H30N2O/c1-13(8-7-11-17)16-14(12-15)9-5-3-2-4-6-10-14/h13,16-17H,2-12,15H2,1H3. The molecule has 3 nitrogen and oxygen atoms in total. The number of aliphatic hydroxyl groups excluding tert-OH is 1. The molecule has 4 N–H and O–H groups in total. The van der Waals surface area contributed by atoms with Crippen molar-refractivity contribution in [1.82, 2.24) is 5.32 Å². The highest BCUT2D eigenvalue weighted by Gasteiger charge is 2.29. The molecule has 1 rings (SSSR count). The van der Waals surface area contributed by atoms with Crippen molar-refractivity contribution in [3.05, 3.63) is 0 Å². The van der Waals surface area contributed by atoms with Gasteiger partial charge in [0, 0.05) is 24.7 Å². The first kappa shape index (κ1) is 14.9. The second kappa shape index (κ2) is 8.06. The number of hydrogen-bond donors (Lipinski definition) is 3. The third kappa shape index (κ3) is 5.36. The first-order chi connectivity index (χ1) is 8.22. The lowest BCUT2D eigenvalue weighted by Crippen LogP contribution is -2.54. The van der Waals surface area contributed by atoms with Crippen molar-refractivity contribution in [3.63, 3.8) is 0 Å². The van der Waals surface area contributed by atoms with Crippen molar-refractivity contribution in [2.24, 2.45) is 5.73 Å². The molecule has 0 aromatic heterocycles. The van der Waals surface area contributed by atoms with Crippen LogP contribution in [-0.2, 0) is 0 Å². The summed E-state index contributed by atoms with van der Waals surface area (Å²) in [4.78, 5) is 0. The van der Waals surface area contributed by atoms with Crippen LogP contribution in [0, 0.1) is 0 Å². The van der Waals surface area contributed by atoms with Gasteiger partial charge in [-0.05, 0) is 32.6 Å². The predicted octanol–water partition coefficient (Wildman–Crippen LogP) is 2.18. The molecular formula is C14H30N2O. The van der Waals surface area contributed by atoms with Gasteiger partial charge in [-0.2, -0.15) is 0 Å². The van der Waals surface area contributed by atoms with E-state index in [1.165, 1.54) is 44.9 Å². The Morgan fingerprint density at radius 2 is 1.76 bits per heavy atom. The molecule has 0 radical (unpaired) electrons. The van der Waals surface area contributed by atoms with Crippen LogP contribution in [0.4, 0.5) is 0 Å². The van der Waals surface area contributed by atoms with Crippen LogP contribution in [0.2, 0.25) is 0 Å². The van der Waals surface area contributed by atoms with Crippen molar-refractivity contribution < 1.29 is 5.11 Å². The lowest BCUT2D eigenvalue weighted by atomic mass is 9.83. The summed E-state index contributed by atoms with van der Waals surface area (Å²) in [7, 11) is 0. The van der Waals surface area contributed by atoms with Crippen LogP contribution >= 0.6 is 0 Å². The van der Waals surface area contributed by atoms with Crippen LogP contribution in [0.5, 0.6) is 0 Å². The van der Waals surface area contributed by atoms with E-state index in [2.05, 4.69) is 12.2 Å². The first-order valence-corrected chi connectivity index (χ1v) is 7.31. The number of nitrogens with two attached hydrogens (primary N) is 1. The average Bonchev–Trinajstić information content (AvgIpc) is 2.30. The van der Waals surface area contributed by atoms with Gasteiger partial charge in [0.1, 0.15) is 0 Å². The van der Waals surface area contributed by atoms with E-state index in [0.717, 1.165) is 19.4 Å². The minimum Gasteiger partial charge on any atom is -0.396 e. The molecule has 1 aliphatic rings. The summed E-state index contributed by atoms with van der Waals surface area (Å²) in [5, 5.41) is 12.6. The maximum Gasteiger partial charge on any atom is 0.0431 e. The Hall–Kier alpha value is -0.120. The summed E-state index contributed by atoms with van der Waals surface area (Å²) in [6.45, 7) is 3.25. The molecule has 1 atom stereocenters. The largest absolute Gasteiger partial charge is 0.396 e. The molecule has 0 bridgehead atoms. The molecule has 1 aliphatic carbocycles. The van der Waals surface area contributed by atoms with Gasteiger partial charge in [-0.15, -0.1) is 0 Å². The number of nitrogens with one attached hydrogen (secondary N) is 1. The fourth-order valence-corrected chi connectivity index (χ4v) is 2.98. The molecule has 0 spiro atoms. The Labute approximate surface area is 106 Å². The number of rotatable bonds is 6. The first-order valence-electron chi connectivity index (χ1n) is 7.31. The fraction of sp³-hybridized carbons (Fsp3) is 1.00. The van der Waals surface area contributed by atoms with E-state index < -0.39 is 0 Å². The minimum atomic E-state index is 0.162. The van der Waals surface area contributed by atoms with E-state index in [9.17, 15) is 0 Å². The van der Waals surface area contributed by atoms with Gasteiger partial charge in [0.05, 0.1) is 0 Å². The quantitative estimate of drug-likeness (QED) is 0.669. The average molecular weight is 242 g/mol. The van der Waals surface area contributed by atoms with Crippen molar-refractivity contribution >= 4 is 0 Å². The van der Waals surface area contributed by atoms with Gasteiger partial charge in [-0.1, -0.05) is 32.1 Å². The summed E-state index contributed by atoms with van der Waals surface area (Å²) >= 11 is 0. The third-order valence-corrected chi connectivity index (χ3v) is 4.05. The van der Waals surface area contributed by atoms with Gasteiger partial charge in [-0.3, -0.25) is 0 Å². The Morgan fingerprint density at radius 3 is 2.29 bits per heavy atom.